The Kier molecular flexibility index (Phi) is 5.17. The van der Waals surface area contributed by atoms with Gasteiger partial charge in [-0.15, -0.1) is 0 Å². The Hall–Kier alpha value is -0.660. The van der Waals surface area contributed by atoms with Gasteiger partial charge in [-0.25, -0.2) is 13.1 Å². The maximum atomic E-state index is 11.6. The Morgan fingerprint density at radius 3 is 2.88 bits per heavy atom. The first-order chi connectivity index (χ1) is 7.53. The molecule has 1 aliphatic rings. The smallest absolute Gasteiger partial charge is 0.305 e. The highest BCUT2D eigenvalue weighted by Gasteiger charge is 2.20. The molecule has 1 heterocycles. The van der Waals surface area contributed by atoms with E-state index in [4.69, 9.17) is 0 Å². The second-order valence-corrected chi connectivity index (χ2v) is 5.68. The number of carbonyl (C=O) groups excluding carboxylic acids is 1. The predicted octanol–water partition coefficient (Wildman–Crippen LogP) is -0.779. The number of esters is 1. The van der Waals surface area contributed by atoms with Crippen molar-refractivity contribution in [2.45, 2.75) is 25.3 Å². The number of sulfonamides is 1. The van der Waals surface area contributed by atoms with Crippen molar-refractivity contribution >= 4 is 16.0 Å². The normalized spacial score (nSPS) is 20.9. The van der Waals surface area contributed by atoms with Crippen LogP contribution >= 0.6 is 0 Å². The summed E-state index contributed by atoms with van der Waals surface area (Å²) in [5.41, 5.74) is 0. The molecule has 1 fully saturated rings. The van der Waals surface area contributed by atoms with Crippen LogP contribution in [0, 0.1) is 0 Å². The van der Waals surface area contributed by atoms with Crippen LogP contribution < -0.4 is 10.0 Å². The molecule has 1 unspecified atom stereocenters. The molecule has 0 aromatic rings. The van der Waals surface area contributed by atoms with Crippen molar-refractivity contribution in [3.05, 3.63) is 0 Å². The monoisotopic (exact) mass is 250 g/mol. The van der Waals surface area contributed by atoms with E-state index in [1.54, 1.807) is 0 Å². The largest absolute Gasteiger partial charge is 0.469 e. The van der Waals surface area contributed by atoms with Gasteiger partial charge in [0.1, 0.15) is 0 Å². The minimum atomic E-state index is -3.27. The lowest BCUT2D eigenvalue weighted by Crippen LogP contribution is -2.37. The molecule has 0 aliphatic carbocycles. The van der Waals surface area contributed by atoms with Crippen LogP contribution in [0.3, 0.4) is 0 Å². The first-order valence-corrected chi connectivity index (χ1v) is 6.96. The first-order valence-electron chi connectivity index (χ1n) is 5.31. The van der Waals surface area contributed by atoms with Crippen molar-refractivity contribution in [1.29, 1.82) is 0 Å². The average molecular weight is 250 g/mol. The number of hydrogen-bond acceptors (Lipinski definition) is 5. The minimum Gasteiger partial charge on any atom is -0.469 e. The first kappa shape index (κ1) is 13.4. The van der Waals surface area contributed by atoms with Crippen LogP contribution in [-0.2, 0) is 19.6 Å². The standard InChI is InChI=1S/C9H18N2O4S/c1-15-9(12)3-2-6-16(13,14)11-8-4-5-10-7-8/h8,10-11H,2-7H2,1H3. The lowest BCUT2D eigenvalue weighted by molar-refractivity contribution is -0.140. The van der Waals surface area contributed by atoms with Crippen molar-refractivity contribution in [2.75, 3.05) is 26.0 Å². The second-order valence-electron chi connectivity index (χ2n) is 3.81. The molecule has 0 radical (unpaired) electrons. The molecule has 7 heteroatoms. The van der Waals surface area contributed by atoms with Gasteiger partial charge in [0.05, 0.1) is 12.9 Å². The highest BCUT2D eigenvalue weighted by molar-refractivity contribution is 7.89. The van der Waals surface area contributed by atoms with E-state index in [2.05, 4.69) is 14.8 Å². The molecule has 0 aromatic heterocycles. The van der Waals surface area contributed by atoms with Gasteiger partial charge in [0.15, 0.2) is 0 Å². The van der Waals surface area contributed by atoms with Crippen LogP contribution in [0.15, 0.2) is 0 Å². The summed E-state index contributed by atoms with van der Waals surface area (Å²) < 4.78 is 30.2. The number of nitrogens with one attached hydrogen (secondary N) is 2. The molecule has 1 atom stereocenters. The fraction of sp³-hybridized carbons (Fsp3) is 0.889. The number of carbonyl (C=O) groups is 1. The van der Waals surface area contributed by atoms with Crippen molar-refractivity contribution in [3.8, 4) is 0 Å². The number of ether oxygens (including phenoxy) is 1. The summed E-state index contributed by atoms with van der Waals surface area (Å²) in [5.74, 6) is -0.406. The fourth-order valence-electron chi connectivity index (χ4n) is 1.58. The van der Waals surface area contributed by atoms with E-state index in [1.807, 2.05) is 0 Å². The molecule has 0 spiro atoms. The van der Waals surface area contributed by atoms with Gasteiger partial charge in [0, 0.05) is 19.0 Å². The molecule has 16 heavy (non-hydrogen) atoms. The maximum absolute atomic E-state index is 11.6. The van der Waals surface area contributed by atoms with E-state index in [0.29, 0.717) is 13.0 Å². The molecule has 0 aromatic carbocycles. The van der Waals surface area contributed by atoms with Gasteiger partial charge in [-0.1, -0.05) is 0 Å². The lowest BCUT2D eigenvalue weighted by Gasteiger charge is -2.11. The van der Waals surface area contributed by atoms with Gasteiger partial charge < -0.3 is 10.1 Å². The van der Waals surface area contributed by atoms with E-state index in [9.17, 15) is 13.2 Å². The molecule has 1 aliphatic heterocycles. The third-order valence-corrected chi connectivity index (χ3v) is 3.95. The molecule has 1 rings (SSSR count). The fourth-order valence-corrected chi connectivity index (χ4v) is 2.93. The summed E-state index contributed by atoms with van der Waals surface area (Å²) in [4.78, 5) is 10.8. The van der Waals surface area contributed by atoms with Gasteiger partial charge in [-0.3, -0.25) is 4.79 Å². The van der Waals surface area contributed by atoms with E-state index < -0.39 is 10.0 Å². The van der Waals surface area contributed by atoms with Crippen LogP contribution in [0.5, 0.6) is 0 Å². The number of methoxy groups -OCH3 is 1. The minimum absolute atomic E-state index is 0.0110. The quantitative estimate of drug-likeness (QED) is 0.604. The molecule has 1 saturated heterocycles. The Balaban J connectivity index is 2.25. The zero-order valence-corrected chi connectivity index (χ0v) is 10.2. The van der Waals surface area contributed by atoms with Crippen molar-refractivity contribution < 1.29 is 17.9 Å². The SMILES string of the molecule is COC(=O)CCCS(=O)(=O)NC1CCNC1. The molecule has 0 saturated carbocycles. The van der Waals surface area contributed by atoms with Crippen molar-refractivity contribution in [2.24, 2.45) is 0 Å². The van der Waals surface area contributed by atoms with Crippen LogP contribution in [0.4, 0.5) is 0 Å². The summed E-state index contributed by atoms with van der Waals surface area (Å²) in [6.45, 7) is 1.52. The predicted molar refractivity (Wildman–Crippen MR) is 59.4 cm³/mol. The Morgan fingerprint density at radius 2 is 2.31 bits per heavy atom. The Labute approximate surface area is 95.8 Å². The third-order valence-electron chi connectivity index (χ3n) is 2.43. The van der Waals surface area contributed by atoms with E-state index in [-0.39, 0.29) is 24.2 Å². The molecule has 0 amide bonds. The van der Waals surface area contributed by atoms with E-state index >= 15 is 0 Å². The number of rotatable bonds is 6. The zero-order valence-electron chi connectivity index (χ0n) is 9.36. The van der Waals surface area contributed by atoms with Gasteiger partial charge in [0.25, 0.3) is 0 Å². The molecule has 6 nitrogen and oxygen atoms in total. The van der Waals surface area contributed by atoms with Crippen LogP contribution in [-0.4, -0.2) is 46.4 Å². The summed E-state index contributed by atoms with van der Waals surface area (Å²) in [7, 11) is -1.98. The Morgan fingerprint density at radius 1 is 1.56 bits per heavy atom. The zero-order chi connectivity index (χ0) is 12.0. The van der Waals surface area contributed by atoms with Crippen LogP contribution in [0.1, 0.15) is 19.3 Å². The summed E-state index contributed by atoms with van der Waals surface area (Å²) >= 11 is 0. The van der Waals surface area contributed by atoms with Crippen LogP contribution in [0.2, 0.25) is 0 Å². The second kappa shape index (κ2) is 6.17. The third kappa shape index (κ3) is 4.91. The molecular formula is C9H18N2O4S. The highest BCUT2D eigenvalue weighted by Crippen LogP contribution is 2.02. The van der Waals surface area contributed by atoms with E-state index in [1.165, 1.54) is 7.11 Å². The summed E-state index contributed by atoms with van der Waals surface area (Å²) in [6, 6.07) is -0.0110. The molecule has 2 N–H and O–H groups in total. The lowest BCUT2D eigenvalue weighted by atomic mass is 10.3. The summed E-state index contributed by atoms with van der Waals surface area (Å²) in [6.07, 6.45) is 1.25. The summed E-state index contributed by atoms with van der Waals surface area (Å²) in [5, 5.41) is 3.08. The molecule has 0 bridgehead atoms. The van der Waals surface area contributed by atoms with Crippen LogP contribution in [0.25, 0.3) is 0 Å². The van der Waals surface area contributed by atoms with Crippen molar-refractivity contribution in [1.82, 2.24) is 10.0 Å². The van der Waals surface area contributed by atoms with Crippen molar-refractivity contribution in [3.63, 3.8) is 0 Å². The van der Waals surface area contributed by atoms with E-state index in [0.717, 1.165) is 13.0 Å². The number of hydrogen-bond donors (Lipinski definition) is 2. The van der Waals surface area contributed by atoms with Gasteiger partial charge in [-0.05, 0) is 19.4 Å². The Bertz CT molecular complexity index is 322. The molecular weight excluding hydrogens is 232 g/mol. The molecule has 94 valence electrons. The average Bonchev–Trinajstić information content (AvgIpc) is 2.69. The maximum Gasteiger partial charge on any atom is 0.305 e. The van der Waals surface area contributed by atoms with Gasteiger partial charge in [0.2, 0.25) is 10.0 Å². The highest BCUT2D eigenvalue weighted by atomic mass is 32.2. The topological polar surface area (TPSA) is 84.5 Å². The van der Waals surface area contributed by atoms with Gasteiger partial charge >= 0.3 is 5.97 Å². The van der Waals surface area contributed by atoms with Gasteiger partial charge in [-0.2, -0.15) is 0 Å².